The molecule has 0 radical (unpaired) electrons. The zero-order chi connectivity index (χ0) is 12.7. The zero-order valence-corrected chi connectivity index (χ0v) is 11.9. The van der Waals surface area contributed by atoms with E-state index in [1.807, 2.05) is 11.8 Å². The Balaban J connectivity index is 2.02. The molecule has 0 unspecified atom stereocenters. The molecule has 1 aliphatic rings. The standard InChI is InChI=1S/C12H11NO2S3/c13-7-4-10(18-11(7)12(14)15)9-3-6-5-16-2-1-8(6)17-9/h3-4H,1-2,5,13H2,(H,14,15). The third-order valence-electron chi connectivity index (χ3n) is 2.83. The van der Waals surface area contributed by atoms with Gasteiger partial charge in [0.05, 0.1) is 5.69 Å². The normalized spacial score (nSPS) is 14.4. The summed E-state index contributed by atoms with van der Waals surface area (Å²) in [6.45, 7) is 0. The topological polar surface area (TPSA) is 63.3 Å². The number of rotatable bonds is 2. The Bertz CT molecular complexity index is 591. The molecule has 0 saturated heterocycles. The first-order valence-corrected chi connectivity index (χ1v) is 8.26. The smallest absolute Gasteiger partial charge is 0.348 e. The SMILES string of the molecule is Nc1cc(-c2cc3c(s2)CCSC3)sc1C(=O)O. The molecule has 0 atom stereocenters. The molecule has 3 nitrogen and oxygen atoms in total. The average Bonchev–Trinajstić information content (AvgIpc) is 2.91. The molecule has 6 heteroatoms. The van der Waals surface area contributed by atoms with Gasteiger partial charge in [-0.2, -0.15) is 11.8 Å². The molecule has 3 N–H and O–H groups in total. The van der Waals surface area contributed by atoms with Crippen LogP contribution in [-0.4, -0.2) is 16.8 Å². The summed E-state index contributed by atoms with van der Waals surface area (Å²) in [7, 11) is 0. The second-order valence-electron chi connectivity index (χ2n) is 4.06. The number of hydrogen-bond acceptors (Lipinski definition) is 5. The van der Waals surface area contributed by atoms with Crippen LogP contribution in [0.3, 0.4) is 0 Å². The van der Waals surface area contributed by atoms with E-state index in [2.05, 4.69) is 6.07 Å². The molecule has 0 bridgehead atoms. The Morgan fingerprint density at radius 2 is 2.06 bits per heavy atom. The number of carboxylic acid groups (broad SMARTS) is 1. The minimum Gasteiger partial charge on any atom is -0.477 e. The molecular weight excluding hydrogens is 286 g/mol. The first kappa shape index (κ1) is 12.1. The van der Waals surface area contributed by atoms with Crippen molar-refractivity contribution in [3.05, 3.63) is 27.5 Å². The van der Waals surface area contributed by atoms with Gasteiger partial charge >= 0.3 is 5.97 Å². The van der Waals surface area contributed by atoms with Crippen molar-refractivity contribution in [1.29, 1.82) is 0 Å². The molecule has 0 spiro atoms. The highest BCUT2D eigenvalue weighted by atomic mass is 32.2. The fourth-order valence-corrected chi connectivity index (χ4v) is 5.33. The zero-order valence-electron chi connectivity index (χ0n) is 9.43. The van der Waals surface area contributed by atoms with Crippen LogP contribution in [0.25, 0.3) is 9.75 Å². The minimum atomic E-state index is -0.944. The van der Waals surface area contributed by atoms with E-state index in [4.69, 9.17) is 10.8 Å². The molecule has 3 rings (SSSR count). The summed E-state index contributed by atoms with van der Waals surface area (Å²) in [6, 6.07) is 3.96. The van der Waals surface area contributed by atoms with Crippen LogP contribution in [0.15, 0.2) is 12.1 Å². The number of fused-ring (bicyclic) bond motifs is 1. The molecule has 18 heavy (non-hydrogen) atoms. The second-order valence-corrected chi connectivity index (χ2v) is 7.36. The van der Waals surface area contributed by atoms with Crippen molar-refractivity contribution >= 4 is 46.1 Å². The van der Waals surface area contributed by atoms with Crippen molar-refractivity contribution in [2.45, 2.75) is 12.2 Å². The lowest BCUT2D eigenvalue weighted by Gasteiger charge is -2.08. The highest BCUT2D eigenvalue weighted by molar-refractivity contribution is 7.98. The average molecular weight is 297 g/mol. The van der Waals surface area contributed by atoms with E-state index in [1.165, 1.54) is 27.5 Å². The van der Waals surface area contributed by atoms with Gasteiger partial charge in [-0.05, 0) is 29.9 Å². The van der Waals surface area contributed by atoms with Gasteiger partial charge in [-0.15, -0.1) is 22.7 Å². The van der Waals surface area contributed by atoms with Gasteiger partial charge < -0.3 is 10.8 Å². The monoisotopic (exact) mass is 297 g/mol. The molecule has 0 aromatic carbocycles. The molecule has 94 valence electrons. The van der Waals surface area contributed by atoms with Crippen molar-refractivity contribution < 1.29 is 9.90 Å². The van der Waals surface area contributed by atoms with E-state index in [0.29, 0.717) is 5.69 Å². The van der Waals surface area contributed by atoms with Gasteiger partial charge in [0.1, 0.15) is 4.88 Å². The van der Waals surface area contributed by atoms with Gasteiger partial charge in [0.25, 0.3) is 0 Å². The number of aryl methyl sites for hydroxylation is 1. The lowest BCUT2D eigenvalue weighted by atomic mass is 10.2. The predicted octanol–water partition coefficient (Wildman–Crippen LogP) is 3.55. The number of thiophene rings is 2. The summed E-state index contributed by atoms with van der Waals surface area (Å²) in [6.07, 6.45) is 1.12. The molecule has 1 aliphatic heterocycles. The summed E-state index contributed by atoms with van der Waals surface area (Å²) in [5.74, 6) is 1.30. The number of carboxylic acids is 1. The highest BCUT2D eigenvalue weighted by Crippen LogP contribution is 2.41. The molecule has 0 amide bonds. The van der Waals surface area contributed by atoms with Gasteiger partial charge in [-0.25, -0.2) is 4.79 Å². The number of anilines is 1. The summed E-state index contributed by atoms with van der Waals surface area (Å²) in [5.41, 5.74) is 7.49. The van der Waals surface area contributed by atoms with Crippen molar-refractivity contribution in [1.82, 2.24) is 0 Å². The maximum atomic E-state index is 11.0. The number of thioether (sulfide) groups is 1. The van der Waals surface area contributed by atoms with Crippen LogP contribution in [0.2, 0.25) is 0 Å². The summed E-state index contributed by atoms with van der Waals surface area (Å²) < 4.78 is 0. The van der Waals surface area contributed by atoms with Crippen LogP contribution >= 0.6 is 34.4 Å². The van der Waals surface area contributed by atoms with E-state index in [1.54, 1.807) is 17.4 Å². The van der Waals surface area contributed by atoms with Crippen LogP contribution in [0.4, 0.5) is 5.69 Å². The van der Waals surface area contributed by atoms with Crippen LogP contribution in [0.5, 0.6) is 0 Å². The third-order valence-corrected chi connectivity index (χ3v) is 6.41. The Morgan fingerprint density at radius 3 is 2.72 bits per heavy atom. The largest absolute Gasteiger partial charge is 0.477 e. The molecule has 3 heterocycles. The van der Waals surface area contributed by atoms with Crippen molar-refractivity contribution in [3.8, 4) is 9.75 Å². The lowest BCUT2D eigenvalue weighted by molar-refractivity contribution is 0.0703. The van der Waals surface area contributed by atoms with E-state index < -0.39 is 5.97 Å². The van der Waals surface area contributed by atoms with Gasteiger partial charge in [-0.1, -0.05) is 0 Å². The molecular formula is C12H11NO2S3. The molecule has 0 aliphatic carbocycles. The summed E-state index contributed by atoms with van der Waals surface area (Å²) in [5, 5.41) is 9.02. The number of nitrogens with two attached hydrogens (primary N) is 1. The maximum Gasteiger partial charge on any atom is 0.348 e. The number of aromatic carboxylic acids is 1. The van der Waals surface area contributed by atoms with Gasteiger partial charge in [0.15, 0.2) is 0 Å². The van der Waals surface area contributed by atoms with Crippen LogP contribution in [0, 0.1) is 0 Å². The van der Waals surface area contributed by atoms with E-state index in [0.717, 1.165) is 21.9 Å². The Morgan fingerprint density at radius 1 is 1.28 bits per heavy atom. The van der Waals surface area contributed by atoms with Gasteiger partial charge in [0.2, 0.25) is 0 Å². The lowest BCUT2D eigenvalue weighted by Crippen LogP contribution is -1.96. The fraction of sp³-hybridized carbons (Fsp3) is 0.250. The van der Waals surface area contributed by atoms with E-state index >= 15 is 0 Å². The van der Waals surface area contributed by atoms with Gasteiger partial charge in [0, 0.05) is 20.4 Å². The Hall–Kier alpha value is -0.980. The van der Waals surface area contributed by atoms with Crippen LogP contribution < -0.4 is 5.73 Å². The van der Waals surface area contributed by atoms with E-state index in [9.17, 15) is 4.79 Å². The third kappa shape index (κ3) is 2.04. The second kappa shape index (κ2) is 4.60. The number of carbonyl (C=O) groups is 1. The molecule has 0 fully saturated rings. The van der Waals surface area contributed by atoms with E-state index in [-0.39, 0.29) is 4.88 Å². The highest BCUT2D eigenvalue weighted by Gasteiger charge is 2.18. The summed E-state index contributed by atoms with van der Waals surface area (Å²) >= 11 is 4.98. The maximum absolute atomic E-state index is 11.0. The molecule has 2 aromatic heterocycles. The van der Waals surface area contributed by atoms with Crippen LogP contribution in [0.1, 0.15) is 20.1 Å². The van der Waals surface area contributed by atoms with Crippen LogP contribution in [-0.2, 0) is 12.2 Å². The Labute approximate surface area is 117 Å². The quantitative estimate of drug-likeness (QED) is 0.890. The first-order valence-electron chi connectivity index (χ1n) is 5.47. The minimum absolute atomic E-state index is 0.241. The number of nitrogen functional groups attached to an aromatic ring is 1. The Kier molecular flexibility index (Phi) is 3.09. The van der Waals surface area contributed by atoms with Gasteiger partial charge in [-0.3, -0.25) is 0 Å². The van der Waals surface area contributed by atoms with Crippen molar-refractivity contribution in [2.24, 2.45) is 0 Å². The summed E-state index contributed by atoms with van der Waals surface area (Å²) in [4.78, 5) is 14.8. The first-order chi connectivity index (χ1) is 8.65. The number of hydrogen-bond donors (Lipinski definition) is 2. The fourth-order valence-electron chi connectivity index (χ4n) is 1.96. The molecule has 0 saturated carbocycles. The van der Waals surface area contributed by atoms with Crippen molar-refractivity contribution in [2.75, 3.05) is 11.5 Å². The predicted molar refractivity (Wildman–Crippen MR) is 78.9 cm³/mol. The van der Waals surface area contributed by atoms with Crippen molar-refractivity contribution in [3.63, 3.8) is 0 Å². The molecule has 2 aromatic rings.